The Hall–Kier alpha value is -1.55. The van der Waals surface area contributed by atoms with E-state index in [-0.39, 0.29) is 0 Å². The smallest absolute Gasteiger partial charge is 0.139 e. The number of rotatable bonds is 1. The molecule has 3 rings (SSSR count). The number of hydrogen-bond donors (Lipinski definition) is 1. The Labute approximate surface area is 94.2 Å². The fraction of sp³-hybridized carbons (Fsp3) is 0.417. The van der Waals surface area contributed by atoms with Gasteiger partial charge in [0.25, 0.3) is 0 Å². The Morgan fingerprint density at radius 3 is 3.25 bits per heavy atom. The van der Waals surface area contributed by atoms with E-state index in [4.69, 9.17) is 4.74 Å². The van der Waals surface area contributed by atoms with Crippen LogP contribution < -0.4 is 4.90 Å². The number of ether oxygens (including phenoxy) is 1. The Morgan fingerprint density at radius 1 is 1.44 bits per heavy atom. The van der Waals surface area contributed by atoms with Crippen molar-refractivity contribution in [1.29, 1.82) is 0 Å². The highest BCUT2D eigenvalue weighted by atomic mass is 16.5. The van der Waals surface area contributed by atoms with Gasteiger partial charge in [-0.1, -0.05) is 0 Å². The van der Waals surface area contributed by atoms with Crippen molar-refractivity contribution in [1.82, 2.24) is 9.97 Å². The van der Waals surface area contributed by atoms with Crippen molar-refractivity contribution >= 4 is 16.9 Å². The molecule has 1 saturated heterocycles. The third-order valence-electron chi connectivity index (χ3n) is 3.06. The summed E-state index contributed by atoms with van der Waals surface area (Å²) >= 11 is 0. The van der Waals surface area contributed by atoms with Gasteiger partial charge in [-0.05, 0) is 25.1 Å². The molecule has 0 amide bonds. The number of aromatic nitrogens is 2. The second-order valence-electron chi connectivity index (χ2n) is 4.20. The summed E-state index contributed by atoms with van der Waals surface area (Å²) in [5.74, 6) is 1.03. The van der Waals surface area contributed by atoms with E-state index < -0.39 is 0 Å². The van der Waals surface area contributed by atoms with E-state index in [9.17, 15) is 0 Å². The van der Waals surface area contributed by atoms with Gasteiger partial charge in [0.2, 0.25) is 0 Å². The van der Waals surface area contributed by atoms with Crippen molar-refractivity contribution in [3.05, 3.63) is 24.4 Å². The first-order valence-corrected chi connectivity index (χ1v) is 5.63. The Kier molecular flexibility index (Phi) is 2.29. The molecule has 0 saturated carbocycles. The molecule has 0 bridgehead atoms. The highest BCUT2D eigenvalue weighted by Crippen LogP contribution is 2.20. The van der Waals surface area contributed by atoms with Crippen LogP contribution in [0.3, 0.4) is 0 Å². The summed E-state index contributed by atoms with van der Waals surface area (Å²) in [6.07, 6.45) is 1.92. The van der Waals surface area contributed by atoms with Crippen molar-refractivity contribution in [3.63, 3.8) is 0 Å². The molecule has 0 radical (unpaired) electrons. The highest BCUT2D eigenvalue weighted by molar-refractivity contribution is 5.77. The minimum Gasteiger partial charge on any atom is -0.377 e. The molecular weight excluding hydrogens is 202 g/mol. The minimum absolute atomic E-state index is 0.397. The topological polar surface area (TPSA) is 41.1 Å². The van der Waals surface area contributed by atoms with Crippen LogP contribution >= 0.6 is 0 Å². The van der Waals surface area contributed by atoms with E-state index in [1.165, 1.54) is 0 Å². The van der Waals surface area contributed by atoms with E-state index in [0.29, 0.717) is 6.04 Å². The summed E-state index contributed by atoms with van der Waals surface area (Å²) in [7, 11) is 0. The van der Waals surface area contributed by atoms with Gasteiger partial charge in [-0.3, -0.25) is 0 Å². The average Bonchev–Trinajstić information content (AvgIpc) is 2.76. The molecule has 4 nitrogen and oxygen atoms in total. The van der Waals surface area contributed by atoms with Gasteiger partial charge in [-0.25, -0.2) is 4.98 Å². The van der Waals surface area contributed by atoms with E-state index in [1.807, 2.05) is 12.3 Å². The van der Waals surface area contributed by atoms with Gasteiger partial charge in [0, 0.05) is 18.1 Å². The van der Waals surface area contributed by atoms with Crippen LogP contribution in [0, 0.1) is 0 Å². The number of aromatic amines is 1. The first-order chi connectivity index (χ1) is 7.84. The maximum atomic E-state index is 5.43. The summed E-state index contributed by atoms with van der Waals surface area (Å²) in [6.45, 7) is 4.65. The van der Waals surface area contributed by atoms with Crippen molar-refractivity contribution in [2.24, 2.45) is 0 Å². The normalized spacial score (nSPS) is 21.6. The van der Waals surface area contributed by atoms with Gasteiger partial charge < -0.3 is 14.6 Å². The summed E-state index contributed by atoms with van der Waals surface area (Å²) in [5, 5.41) is 1.16. The van der Waals surface area contributed by atoms with Crippen LogP contribution in [0.2, 0.25) is 0 Å². The predicted molar refractivity (Wildman–Crippen MR) is 63.7 cm³/mol. The second kappa shape index (κ2) is 3.79. The lowest BCUT2D eigenvalue weighted by Crippen LogP contribution is -2.44. The number of morpholine rings is 1. The standard InChI is InChI=1S/C12H15N3O/c1-9-8-16-7-6-15(9)11-3-2-10-4-5-13-12(10)14-11/h2-5,9H,6-8H2,1H3,(H,13,14)/t9-/m0/s1. The first-order valence-electron chi connectivity index (χ1n) is 5.63. The molecule has 0 aromatic carbocycles. The zero-order chi connectivity index (χ0) is 11.0. The molecule has 3 heterocycles. The zero-order valence-corrected chi connectivity index (χ0v) is 9.31. The van der Waals surface area contributed by atoms with Crippen molar-refractivity contribution in [3.8, 4) is 0 Å². The third-order valence-corrected chi connectivity index (χ3v) is 3.06. The summed E-state index contributed by atoms with van der Waals surface area (Å²) in [5.41, 5.74) is 0.955. The predicted octanol–water partition coefficient (Wildman–Crippen LogP) is 1.79. The average molecular weight is 217 g/mol. The molecule has 0 aliphatic carbocycles. The van der Waals surface area contributed by atoms with Crippen LogP contribution in [0.1, 0.15) is 6.92 Å². The van der Waals surface area contributed by atoms with Crippen molar-refractivity contribution < 1.29 is 4.74 Å². The second-order valence-corrected chi connectivity index (χ2v) is 4.20. The summed E-state index contributed by atoms with van der Waals surface area (Å²) < 4.78 is 5.43. The Bertz CT molecular complexity index is 494. The van der Waals surface area contributed by atoms with Crippen molar-refractivity contribution in [2.45, 2.75) is 13.0 Å². The number of hydrogen-bond acceptors (Lipinski definition) is 3. The number of nitrogens with zero attached hydrogens (tertiary/aromatic N) is 2. The van der Waals surface area contributed by atoms with Crippen LogP contribution in [0.5, 0.6) is 0 Å². The Morgan fingerprint density at radius 2 is 2.38 bits per heavy atom. The molecule has 4 heteroatoms. The molecule has 2 aromatic rings. The maximum absolute atomic E-state index is 5.43. The molecule has 1 fully saturated rings. The molecular formula is C12H15N3O. The van der Waals surface area contributed by atoms with Crippen LogP contribution in [0.25, 0.3) is 11.0 Å². The number of nitrogens with one attached hydrogen (secondary N) is 1. The molecule has 1 aliphatic rings. The van der Waals surface area contributed by atoms with Crippen LogP contribution in [0.4, 0.5) is 5.82 Å². The van der Waals surface area contributed by atoms with Crippen molar-refractivity contribution in [2.75, 3.05) is 24.7 Å². The number of anilines is 1. The fourth-order valence-electron chi connectivity index (χ4n) is 2.15. The SMILES string of the molecule is C[C@H]1COCCN1c1ccc2cc[nH]c2n1. The maximum Gasteiger partial charge on any atom is 0.139 e. The van der Waals surface area contributed by atoms with Gasteiger partial charge in [-0.15, -0.1) is 0 Å². The number of H-pyrrole nitrogens is 1. The molecule has 1 aliphatic heterocycles. The summed E-state index contributed by atoms with van der Waals surface area (Å²) in [6, 6.07) is 6.62. The number of pyridine rings is 1. The largest absolute Gasteiger partial charge is 0.377 e. The highest BCUT2D eigenvalue weighted by Gasteiger charge is 2.20. The minimum atomic E-state index is 0.397. The van der Waals surface area contributed by atoms with Gasteiger partial charge in [0.05, 0.1) is 19.3 Å². The molecule has 0 unspecified atom stereocenters. The van der Waals surface area contributed by atoms with E-state index >= 15 is 0 Å². The van der Waals surface area contributed by atoms with E-state index in [1.54, 1.807) is 0 Å². The zero-order valence-electron chi connectivity index (χ0n) is 9.31. The lowest BCUT2D eigenvalue weighted by atomic mass is 10.2. The van der Waals surface area contributed by atoms with E-state index in [0.717, 1.165) is 36.6 Å². The molecule has 1 N–H and O–H groups in total. The van der Waals surface area contributed by atoms with Crippen LogP contribution in [0.15, 0.2) is 24.4 Å². The van der Waals surface area contributed by atoms with Gasteiger partial charge in [-0.2, -0.15) is 0 Å². The molecule has 1 atom stereocenters. The number of fused-ring (bicyclic) bond motifs is 1. The summed E-state index contributed by atoms with van der Waals surface area (Å²) in [4.78, 5) is 10.1. The fourth-order valence-corrected chi connectivity index (χ4v) is 2.15. The Balaban J connectivity index is 1.97. The monoisotopic (exact) mass is 217 g/mol. The molecule has 0 spiro atoms. The van der Waals surface area contributed by atoms with E-state index in [2.05, 4.69) is 33.9 Å². The van der Waals surface area contributed by atoms with Gasteiger partial charge in [0.1, 0.15) is 11.5 Å². The third kappa shape index (κ3) is 1.55. The quantitative estimate of drug-likeness (QED) is 0.791. The van der Waals surface area contributed by atoms with Crippen LogP contribution in [-0.4, -0.2) is 35.8 Å². The lowest BCUT2D eigenvalue weighted by molar-refractivity contribution is 0.0985. The lowest BCUT2D eigenvalue weighted by Gasteiger charge is -2.34. The van der Waals surface area contributed by atoms with Gasteiger partial charge in [0.15, 0.2) is 0 Å². The van der Waals surface area contributed by atoms with Crippen LogP contribution in [-0.2, 0) is 4.74 Å². The van der Waals surface area contributed by atoms with Gasteiger partial charge >= 0.3 is 0 Å². The molecule has 2 aromatic heterocycles. The molecule has 16 heavy (non-hydrogen) atoms. The molecule has 84 valence electrons. The first kappa shape index (κ1) is 9.66.